The number of hydrogen-bond acceptors (Lipinski definition) is 26. The van der Waals surface area contributed by atoms with E-state index in [-0.39, 0.29) is 84.7 Å². The molecule has 28 rings (SSSR count). The van der Waals surface area contributed by atoms with Crippen LogP contribution >= 0.6 is 45.3 Å². The highest BCUT2D eigenvalue weighted by Crippen LogP contribution is 2.58. The number of carbonyl (C=O) groups excluding carboxylic acids is 4. The number of methoxy groups -OCH3 is 2. The van der Waals surface area contributed by atoms with Crippen LogP contribution in [0.1, 0.15) is 111 Å². The quantitative estimate of drug-likeness (QED) is 0.120. The van der Waals surface area contributed by atoms with Crippen LogP contribution in [-0.4, -0.2) is 200 Å². The Morgan fingerprint density at radius 3 is 0.836 bits per heavy atom. The summed E-state index contributed by atoms with van der Waals surface area (Å²) in [4.78, 5) is 115. The van der Waals surface area contributed by atoms with Crippen molar-refractivity contribution in [3.05, 3.63) is 385 Å². The van der Waals surface area contributed by atoms with Gasteiger partial charge in [-0.25, -0.2) is 8.78 Å². The van der Waals surface area contributed by atoms with E-state index < -0.39 is 93.3 Å². The van der Waals surface area contributed by atoms with E-state index in [1.165, 1.54) is 60.9 Å². The molecule has 8 aromatic carbocycles. The molecular formula is C110H86F2N12O18S4. The molecule has 0 saturated carbocycles. The predicted molar refractivity (Wildman–Crippen MR) is 546 cm³/mol. The fourth-order valence-electron chi connectivity index (χ4n) is 23.1. The molecule has 16 heterocycles. The van der Waals surface area contributed by atoms with Gasteiger partial charge in [-0.15, -0.1) is 45.3 Å². The minimum atomic E-state index is -0.629. The first-order valence-electron chi connectivity index (χ1n) is 47.4. The Kier molecular flexibility index (Phi) is 22.5. The van der Waals surface area contributed by atoms with E-state index in [4.69, 9.17) is 28.4 Å². The van der Waals surface area contributed by atoms with Gasteiger partial charge in [-0.3, -0.25) is 77.1 Å². The molecule has 12 aliphatic rings. The van der Waals surface area contributed by atoms with E-state index >= 15 is 0 Å². The predicted octanol–water partition coefficient (Wildman–Crippen LogP) is 15.5. The van der Waals surface area contributed by atoms with Crippen LogP contribution < -0.4 is 51.2 Å². The van der Waals surface area contributed by atoms with Gasteiger partial charge >= 0.3 is 0 Å². The summed E-state index contributed by atoms with van der Waals surface area (Å²) in [5.74, 6) is -3.17. The number of aromatic nitrogens is 4. The monoisotopic (exact) mass is 2030 g/mol. The highest BCUT2D eigenvalue weighted by atomic mass is 32.1. The van der Waals surface area contributed by atoms with Gasteiger partial charge in [0.05, 0.1) is 91.2 Å². The zero-order chi connectivity index (χ0) is 99.6. The number of hydrogen-bond donors (Lipinski definition) is 4. The standard InChI is InChI=1S/2C28H23N3O5S.2C27H20FN3O4S/c2*1-35-21-8-4-7-18-23(21)19-10-14-37-27(19)17-6-3-2-5-16(17)24(18)31-22-15-36-13-12-29(22)28(34)25-26(33)20(32)9-11-30(25)31;2*28-15-5-6-16-19-8-12-36-26(19)18-4-2-1-3-17(18)23(20(16)13-15)31-22-14-35-11-10-29(22)27(34)24-25(33)21(32)7-9-30(24)31/h2*2-11,14,22,24,33H,12-13,15H2,1H3;2*1-9,12-13,22-23,33H,10-11,14H2/t22-,24+;22-,24-;22-,23+;22-,23-/m1111/s1. The first-order chi connectivity index (χ1) is 71.3. The fourth-order valence-corrected chi connectivity index (χ4v) is 26.9. The van der Waals surface area contributed by atoms with Gasteiger partial charge in [0.2, 0.25) is 21.7 Å². The molecule has 4 fully saturated rings. The van der Waals surface area contributed by atoms with E-state index in [1.807, 2.05) is 130 Å². The molecule has 4 N–H and O–H groups in total. The lowest BCUT2D eigenvalue weighted by Crippen LogP contribution is -2.66. The van der Waals surface area contributed by atoms with Crippen molar-refractivity contribution in [2.75, 3.05) is 113 Å². The number of thiophene rings is 4. The van der Waals surface area contributed by atoms with Crippen LogP contribution in [0.2, 0.25) is 0 Å². The van der Waals surface area contributed by atoms with Gasteiger partial charge in [-0.1, -0.05) is 133 Å². The molecule has 4 saturated heterocycles. The molecule has 0 bridgehead atoms. The van der Waals surface area contributed by atoms with Gasteiger partial charge in [0.1, 0.15) is 47.8 Å². The van der Waals surface area contributed by atoms with E-state index in [0.717, 1.165) is 142 Å². The summed E-state index contributed by atoms with van der Waals surface area (Å²) in [5, 5.41) is 59.3. The Morgan fingerprint density at radius 2 is 0.548 bits per heavy atom. The van der Waals surface area contributed by atoms with Crippen molar-refractivity contribution in [1.29, 1.82) is 0 Å². The Labute approximate surface area is 845 Å². The number of amides is 4. The molecule has 4 amide bonds. The highest BCUT2D eigenvalue weighted by Gasteiger charge is 2.53. The molecule has 4 aliphatic carbocycles. The lowest BCUT2D eigenvalue weighted by Gasteiger charge is -2.51. The van der Waals surface area contributed by atoms with Gasteiger partial charge in [0, 0.05) is 128 Å². The number of ether oxygens (including phenoxy) is 6. The van der Waals surface area contributed by atoms with Gasteiger partial charge in [0.15, 0.2) is 45.8 Å². The van der Waals surface area contributed by atoms with Crippen molar-refractivity contribution in [1.82, 2.24) is 38.3 Å². The number of carbonyl (C=O) groups is 4. The first kappa shape index (κ1) is 91.2. The average molecular weight is 2030 g/mol. The fraction of sp³-hybridized carbons (Fsp3) is 0.200. The number of rotatable bonds is 6. The first-order valence-corrected chi connectivity index (χ1v) is 50.9. The number of nitrogens with zero attached hydrogens (tertiary/aromatic N) is 12. The third-order valence-corrected chi connectivity index (χ3v) is 33.1. The Bertz CT molecular complexity index is 7920. The minimum Gasteiger partial charge on any atom is -0.502 e. The third kappa shape index (κ3) is 14.1. The smallest absolute Gasteiger partial charge is 0.278 e. The second kappa shape index (κ2) is 36.1. The van der Waals surface area contributed by atoms with Crippen LogP contribution in [0.4, 0.5) is 8.78 Å². The summed E-state index contributed by atoms with van der Waals surface area (Å²) in [5.41, 5.74) is 16.8. The Balaban J connectivity index is 0.000000102. The second-order valence-electron chi connectivity index (χ2n) is 36.5. The Hall–Kier alpha value is -16.1. The molecular weight excluding hydrogens is 1940 g/mol. The molecule has 146 heavy (non-hydrogen) atoms. The van der Waals surface area contributed by atoms with E-state index in [2.05, 4.69) is 69.3 Å². The maximum atomic E-state index is 14.9. The summed E-state index contributed by atoms with van der Waals surface area (Å²) in [6, 6.07) is 65.6. The molecule has 8 aliphatic heterocycles. The average Bonchev–Trinajstić information content (AvgIpc) is 1.42. The van der Waals surface area contributed by atoms with Crippen molar-refractivity contribution >= 4 is 69.0 Å². The molecule has 0 unspecified atom stereocenters. The lowest BCUT2D eigenvalue weighted by molar-refractivity contribution is -0.0197. The number of fused-ring (bicyclic) bond motifs is 28. The van der Waals surface area contributed by atoms with Crippen molar-refractivity contribution in [3.63, 3.8) is 0 Å². The number of morpholine rings is 4. The van der Waals surface area contributed by atoms with Crippen molar-refractivity contribution in [3.8, 4) is 121 Å². The van der Waals surface area contributed by atoms with Gasteiger partial charge in [-0.2, -0.15) is 0 Å². The SMILES string of the molecule is COc1cccc2c1-c1ccsc1-c1ccccc1[C@@H]2N1[C@@H]2COCCN2C(=O)c2c(O)c(=O)ccn21.COc1cccc2c1-c1ccsc1-c1ccccc1[C@H]2N1[C@@H]2COCCN2C(=O)c2c(O)c(=O)ccn21.O=C1c2c(O)c(=O)ccn2N([C@@H]2c3cc(F)ccc3-c3ccsc3-c3ccccc32)[C@@H]2COCCN12.O=C1c2c(O)c(=O)ccn2N([C@H]2c3cc(F)ccc3-c3ccsc3-c3ccccc32)[C@@H]2COCCN12. The van der Waals surface area contributed by atoms with Gasteiger partial charge < -0.3 is 68.4 Å². The topological polar surface area (TPSA) is 319 Å². The molecule has 8 aromatic heterocycles. The van der Waals surface area contributed by atoms with Crippen LogP contribution in [0.5, 0.6) is 34.5 Å². The van der Waals surface area contributed by atoms with Gasteiger partial charge in [-0.05, 0) is 160 Å². The maximum absolute atomic E-state index is 14.9. The van der Waals surface area contributed by atoms with Crippen LogP contribution in [0.25, 0.3) is 86.3 Å². The highest BCUT2D eigenvalue weighted by molar-refractivity contribution is 7.15. The third-order valence-electron chi connectivity index (χ3n) is 29.3. The molecule has 0 spiro atoms. The largest absolute Gasteiger partial charge is 0.502 e. The number of halogens is 2. The van der Waals surface area contributed by atoms with Gasteiger partial charge in [0.25, 0.3) is 23.6 Å². The Morgan fingerprint density at radius 1 is 0.288 bits per heavy atom. The molecule has 0 radical (unpaired) electrons. The van der Waals surface area contributed by atoms with E-state index in [1.54, 1.807) is 122 Å². The zero-order valence-corrected chi connectivity index (χ0v) is 81.0. The normalized spacial score (nSPS) is 19.9. The van der Waals surface area contributed by atoms with Crippen molar-refractivity contribution < 1.29 is 76.8 Å². The van der Waals surface area contributed by atoms with Crippen LogP contribution in [0, 0.1) is 11.6 Å². The second-order valence-corrected chi connectivity index (χ2v) is 40.2. The number of pyridine rings is 4. The molecule has 16 aromatic rings. The molecule has 36 heteroatoms. The minimum absolute atomic E-state index is 0.0356. The van der Waals surface area contributed by atoms with Crippen molar-refractivity contribution in [2.45, 2.75) is 48.8 Å². The van der Waals surface area contributed by atoms with Crippen LogP contribution in [0.3, 0.4) is 0 Å². The summed E-state index contributed by atoms with van der Waals surface area (Å²) in [6.45, 7) is 3.82. The van der Waals surface area contributed by atoms with E-state index in [9.17, 15) is 67.6 Å². The van der Waals surface area contributed by atoms with E-state index in [0.29, 0.717) is 52.6 Å². The molecule has 732 valence electrons. The molecule has 8 atom stereocenters. The van der Waals surface area contributed by atoms with Crippen LogP contribution in [-0.2, 0) is 18.9 Å². The zero-order valence-electron chi connectivity index (χ0n) is 77.8. The number of aromatic hydroxyl groups is 4. The lowest BCUT2D eigenvalue weighted by atomic mass is 9.91. The van der Waals surface area contributed by atoms with Crippen LogP contribution in [0.15, 0.2) is 284 Å². The van der Waals surface area contributed by atoms with Crippen molar-refractivity contribution in [2.24, 2.45) is 0 Å². The summed E-state index contributed by atoms with van der Waals surface area (Å²) < 4.78 is 71.2. The molecule has 30 nitrogen and oxygen atoms in total. The maximum Gasteiger partial charge on any atom is 0.278 e. The summed E-state index contributed by atoms with van der Waals surface area (Å²) >= 11 is 6.59. The summed E-state index contributed by atoms with van der Waals surface area (Å²) in [6.07, 6.45) is 4.17. The number of benzene rings is 8. The summed E-state index contributed by atoms with van der Waals surface area (Å²) in [7, 11) is 3.34.